The van der Waals surface area contributed by atoms with Crippen LogP contribution in [0.1, 0.15) is 77.0 Å². The number of nitrogens with one attached hydrogen (secondary N) is 1. The topological polar surface area (TPSA) is 12.0 Å². The molecule has 2 unspecified atom stereocenters. The van der Waals surface area contributed by atoms with Crippen LogP contribution >= 0.6 is 12.2 Å². The van der Waals surface area contributed by atoms with E-state index in [0.29, 0.717) is 11.5 Å². The first-order chi connectivity index (χ1) is 9.73. The summed E-state index contributed by atoms with van der Waals surface area (Å²) in [4.78, 5) is 1.28. The Kier molecular flexibility index (Phi) is 3.57. The van der Waals surface area contributed by atoms with E-state index in [-0.39, 0.29) is 0 Å². The molecule has 0 amide bonds. The smallest absolute Gasteiger partial charge is 0.0818 e. The first-order valence-corrected chi connectivity index (χ1v) is 9.45. The molecular formula is C18H29NS. The lowest BCUT2D eigenvalue weighted by Gasteiger charge is -2.49. The van der Waals surface area contributed by atoms with E-state index in [4.69, 9.17) is 12.2 Å². The molecule has 5 aliphatic rings. The van der Waals surface area contributed by atoms with Crippen LogP contribution in [-0.2, 0) is 0 Å². The normalized spacial score (nSPS) is 44.3. The molecule has 2 heteroatoms. The Morgan fingerprint density at radius 2 is 1.40 bits per heavy atom. The minimum absolute atomic E-state index is 0.416. The zero-order valence-electron chi connectivity index (χ0n) is 12.7. The number of hydrogen-bond donors (Lipinski definition) is 1. The van der Waals surface area contributed by atoms with Crippen molar-refractivity contribution in [1.29, 1.82) is 0 Å². The summed E-state index contributed by atoms with van der Waals surface area (Å²) in [7, 11) is 0. The van der Waals surface area contributed by atoms with Crippen molar-refractivity contribution in [1.82, 2.24) is 5.32 Å². The molecule has 1 nitrogen and oxygen atoms in total. The van der Waals surface area contributed by atoms with E-state index in [1.54, 1.807) is 0 Å². The van der Waals surface area contributed by atoms with Gasteiger partial charge in [-0.3, -0.25) is 0 Å². The minimum atomic E-state index is 0.416. The van der Waals surface area contributed by atoms with Crippen molar-refractivity contribution in [2.45, 2.75) is 83.1 Å². The monoisotopic (exact) mass is 291 g/mol. The second-order valence-corrected chi connectivity index (χ2v) is 8.76. The predicted octanol–water partition coefficient (Wildman–Crippen LogP) is 4.84. The first kappa shape index (κ1) is 13.5. The van der Waals surface area contributed by atoms with Crippen LogP contribution in [-0.4, -0.2) is 11.0 Å². The summed E-state index contributed by atoms with van der Waals surface area (Å²) in [6.45, 7) is 0. The van der Waals surface area contributed by atoms with Gasteiger partial charge in [0, 0.05) is 11.5 Å². The molecule has 4 atom stereocenters. The molecule has 0 aromatic carbocycles. The molecule has 0 heterocycles. The van der Waals surface area contributed by atoms with Gasteiger partial charge in [-0.15, -0.1) is 0 Å². The lowest BCUT2D eigenvalue weighted by atomic mass is 9.58. The summed E-state index contributed by atoms with van der Waals surface area (Å²) >= 11 is 5.98. The minimum Gasteiger partial charge on any atom is -0.376 e. The maximum atomic E-state index is 5.98. The molecule has 4 bridgehead atoms. The highest BCUT2D eigenvalue weighted by Gasteiger charge is 2.50. The summed E-state index contributed by atoms with van der Waals surface area (Å²) < 4.78 is 0. The SMILES string of the molecule is S=C(NC1CCCCC1)C12CC3C[C@@H](CC[C@@H](C3)C1)C2. The summed E-state index contributed by atoms with van der Waals surface area (Å²) in [5.74, 6) is 2.99. The van der Waals surface area contributed by atoms with E-state index in [9.17, 15) is 0 Å². The largest absolute Gasteiger partial charge is 0.376 e. The number of thiocarbonyl (C=S) groups is 1. The van der Waals surface area contributed by atoms with Crippen molar-refractivity contribution in [2.24, 2.45) is 23.2 Å². The van der Waals surface area contributed by atoms with Crippen LogP contribution in [0, 0.1) is 23.2 Å². The van der Waals surface area contributed by atoms with Crippen LogP contribution in [0.5, 0.6) is 0 Å². The molecule has 0 aliphatic heterocycles. The Hall–Kier alpha value is -0.110. The van der Waals surface area contributed by atoms with Gasteiger partial charge in [0.25, 0.3) is 0 Å². The quantitative estimate of drug-likeness (QED) is 0.730. The van der Waals surface area contributed by atoms with Crippen LogP contribution in [0.15, 0.2) is 0 Å². The molecular weight excluding hydrogens is 262 g/mol. The van der Waals surface area contributed by atoms with Gasteiger partial charge in [-0.2, -0.15) is 0 Å². The summed E-state index contributed by atoms with van der Waals surface area (Å²) in [6, 6.07) is 0.700. The number of fused-ring (bicyclic) bond motifs is 1. The lowest BCUT2D eigenvalue weighted by Crippen LogP contribution is -2.50. The van der Waals surface area contributed by atoms with Gasteiger partial charge in [0.05, 0.1) is 4.99 Å². The zero-order chi connectivity index (χ0) is 13.6. The highest BCUT2D eigenvalue weighted by atomic mass is 32.1. The van der Waals surface area contributed by atoms with E-state index >= 15 is 0 Å². The predicted molar refractivity (Wildman–Crippen MR) is 87.8 cm³/mol. The van der Waals surface area contributed by atoms with Gasteiger partial charge < -0.3 is 5.32 Å². The maximum absolute atomic E-state index is 5.98. The van der Waals surface area contributed by atoms with E-state index in [0.717, 1.165) is 17.8 Å². The van der Waals surface area contributed by atoms with Crippen molar-refractivity contribution in [3.8, 4) is 0 Å². The average molecular weight is 292 g/mol. The second kappa shape index (κ2) is 5.26. The van der Waals surface area contributed by atoms with E-state index in [2.05, 4.69) is 5.32 Å². The fourth-order valence-corrected chi connectivity index (χ4v) is 6.47. The molecule has 5 saturated carbocycles. The molecule has 5 aliphatic carbocycles. The van der Waals surface area contributed by atoms with E-state index in [1.165, 1.54) is 82.0 Å². The fourth-order valence-electron chi connectivity index (χ4n) is 6.05. The molecule has 0 radical (unpaired) electrons. The summed E-state index contributed by atoms with van der Waals surface area (Å²) in [6.07, 6.45) is 17.2. The molecule has 5 rings (SSSR count). The van der Waals surface area contributed by atoms with Gasteiger partial charge in [-0.1, -0.05) is 44.3 Å². The highest BCUT2D eigenvalue weighted by molar-refractivity contribution is 7.80. The van der Waals surface area contributed by atoms with E-state index < -0.39 is 0 Å². The Labute approximate surface area is 129 Å². The standard InChI is InChI=1S/C18H29NS/c20-17(19-16-4-2-1-3-5-16)18-10-13-6-7-14(11-18)9-15(8-13)12-18/h13-16H,1-12H2,(H,19,20)/t13-,14+,15?,18?. The molecule has 112 valence electrons. The average Bonchev–Trinajstić information content (AvgIpc) is 2.66. The molecule has 0 saturated heterocycles. The third-order valence-corrected chi connectivity index (χ3v) is 7.33. The zero-order valence-corrected chi connectivity index (χ0v) is 13.5. The highest BCUT2D eigenvalue weighted by Crippen LogP contribution is 2.58. The van der Waals surface area contributed by atoms with Crippen molar-refractivity contribution >= 4 is 17.2 Å². The van der Waals surface area contributed by atoms with Crippen molar-refractivity contribution in [3.63, 3.8) is 0 Å². The summed E-state index contributed by atoms with van der Waals surface area (Å²) in [5, 5.41) is 3.84. The van der Waals surface area contributed by atoms with Crippen LogP contribution in [0.25, 0.3) is 0 Å². The Morgan fingerprint density at radius 1 is 0.800 bits per heavy atom. The summed E-state index contributed by atoms with van der Waals surface area (Å²) in [5.41, 5.74) is 0.416. The van der Waals surface area contributed by atoms with Gasteiger partial charge in [0.1, 0.15) is 0 Å². The molecule has 0 spiro atoms. The first-order valence-electron chi connectivity index (χ1n) is 9.04. The van der Waals surface area contributed by atoms with Gasteiger partial charge in [0.15, 0.2) is 0 Å². The van der Waals surface area contributed by atoms with Gasteiger partial charge in [-0.25, -0.2) is 0 Å². The number of rotatable bonds is 2. The maximum Gasteiger partial charge on any atom is 0.0818 e. The molecule has 20 heavy (non-hydrogen) atoms. The number of hydrogen-bond acceptors (Lipinski definition) is 1. The van der Waals surface area contributed by atoms with Gasteiger partial charge in [0.2, 0.25) is 0 Å². The molecule has 0 aromatic heterocycles. The second-order valence-electron chi connectivity index (χ2n) is 8.35. The van der Waals surface area contributed by atoms with Gasteiger partial charge >= 0.3 is 0 Å². The van der Waals surface area contributed by atoms with Crippen LogP contribution < -0.4 is 5.32 Å². The van der Waals surface area contributed by atoms with Gasteiger partial charge in [-0.05, 0) is 62.7 Å². The molecule has 1 N–H and O–H groups in total. The van der Waals surface area contributed by atoms with Crippen molar-refractivity contribution < 1.29 is 0 Å². The van der Waals surface area contributed by atoms with Crippen LogP contribution in [0.2, 0.25) is 0 Å². The Morgan fingerprint density at radius 3 is 2.05 bits per heavy atom. The van der Waals surface area contributed by atoms with Crippen LogP contribution in [0.4, 0.5) is 0 Å². The molecule has 5 fully saturated rings. The fraction of sp³-hybridized carbons (Fsp3) is 0.944. The third-order valence-electron chi connectivity index (χ3n) is 6.78. The molecule has 0 aromatic rings. The van der Waals surface area contributed by atoms with E-state index in [1.807, 2.05) is 0 Å². The van der Waals surface area contributed by atoms with Crippen molar-refractivity contribution in [2.75, 3.05) is 0 Å². The van der Waals surface area contributed by atoms with Crippen LogP contribution in [0.3, 0.4) is 0 Å². The lowest BCUT2D eigenvalue weighted by molar-refractivity contribution is 0.0887. The Balaban J connectivity index is 1.49. The Bertz CT molecular complexity index is 369. The third kappa shape index (κ3) is 2.42. The van der Waals surface area contributed by atoms with Crippen molar-refractivity contribution in [3.05, 3.63) is 0 Å².